The molecule has 0 unspecified atom stereocenters. The zero-order valence-electron chi connectivity index (χ0n) is 10.9. The second kappa shape index (κ2) is 5.88. The van der Waals surface area contributed by atoms with Gasteiger partial charge in [-0.2, -0.15) is 11.3 Å². The number of thiophene rings is 1. The third kappa shape index (κ3) is 3.17. The van der Waals surface area contributed by atoms with E-state index in [1.54, 1.807) is 35.6 Å². The fourth-order valence-corrected chi connectivity index (χ4v) is 2.53. The SMILES string of the molecule is O=C(Cc1ccccc1F)Nc1cc(-c2ccsc2)no1. The van der Waals surface area contributed by atoms with E-state index in [4.69, 9.17) is 4.52 Å². The number of nitrogens with zero attached hydrogens (tertiary/aromatic N) is 1. The molecule has 0 saturated carbocycles. The normalized spacial score (nSPS) is 10.5. The summed E-state index contributed by atoms with van der Waals surface area (Å²) in [7, 11) is 0. The Morgan fingerprint density at radius 3 is 2.95 bits per heavy atom. The second-order valence-electron chi connectivity index (χ2n) is 4.40. The molecular formula is C15H11FN2O2S. The van der Waals surface area contributed by atoms with E-state index in [0.717, 1.165) is 5.56 Å². The van der Waals surface area contributed by atoms with Gasteiger partial charge in [-0.05, 0) is 23.1 Å². The van der Waals surface area contributed by atoms with Crippen LogP contribution in [0.3, 0.4) is 0 Å². The van der Waals surface area contributed by atoms with E-state index < -0.39 is 5.82 Å². The van der Waals surface area contributed by atoms with E-state index in [0.29, 0.717) is 11.3 Å². The van der Waals surface area contributed by atoms with Crippen LogP contribution in [0.15, 0.2) is 51.7 Å². The van der Waals surface area contributed by atoms with Crippen LogP contribution in [0.4, 0.5) is 10.3 Å². The van der Waals surface area contributed by atoms with Gasteiger partial charge in [0.05, 0.1) is 6.42 Å². The fourth-order valence-electron chi connectivity index (χ4n) is 1.88. The summed E-state index contributed by atoms with van der Waals surface area (Å²) in [5.74, 6) is -0.505. The van der Waals surface area contributed by atoms with Crippen LogP contribution in [0.5, 0.6) is 0 Å². The molecule has 0 bridgehead atoms. The average molecular weight is 302 g/mol. The highest BCUT2D eigenvalue weighted by molar-refractivity contribution is 7.08. The molecule has 0 aliphatic carbocycles. The predicted octanol–water partition coefficient (Wildman–Crippen LogP) is 3.72. The monoisotopic (exact) mass is 302 g/mol. The summed E-state index contributed by atoms with van der Waals surface area (Å²) < 4.78 is 18.5. The molecule has 1 aromatic carbocycles. The molecule has 0 atom stereocenters. The van der Waals surface area contributed by atoms with Crippen LogP contribution in [0.1, 0.15) is 5.56 Å². The summed E-state index contributed by atoms with van der Waals surface area (Å²) in [6, 6.07) is 9.72. The number of halogens is 1. The highest BCUT2D eigenvalue weighted by Gasteiger charge is 2.12. The van der Waals surface area contributed by atoms with Crippen molar-refractivity contribution < 1.29 is 13.7 Å². The third-order valence-corrected chi connectivity index (χ3v) is 3.58. The van der Waals surface area contributed by atoms with Crippen molar-refractivity contribution in [1.29, 1.82) is 0 Å². The van der Waals surface area contributed by atoms with Gasteiger partial charge in [0.25, 0.3) is 0 Å². The van der Waals surface area contributed by atoms with E-state index in [-0.39, 0.29) is 18.2 Å². The van der Waals surface area contributed by atoms with Gasteiger partial charge in [0, 0.05) is 17.0 Å². The zero-order chi connectivity index (χ0) is 14.7. The molecule has 21 heavy (non-hydrogen) atoms. The van der Waals surface area contributed by atoms with Gasteiger partial charge in [-0.3, -0.25) is 10.1 Å². The number of amides is 1. The number of hydrogen-bond donors (Lipinski definition) is 1. The van der Waals surface area contributed by atoms with Crippen LogP contribution in [-0.2, 0) is 11.2 Å². The number of benzene rings is 1. The Labute approximate surface area is 124 Å². The first-order chi connectivity index (χ1) is 10.2. The lowest BCUT2D eigenvalue weighted by Gasteiger charge is -2.02. The summed E-state index contributed by atoms with van der Waals surface area (Å²) in [4.78, 5) is 11.9. The van der Waals surface area contributed by atoms with Crippen molar-refractivity contribution in [2.75, 3.05) is 5.32 Å². The topological polar surface area (TPSA) is 55.1 Å². The van der Waals surface area contributed by atoms with Gasteiger partial charge >= 0.3 is 0 Å². The average Bonchev–Trinajstić information content (AvgIpc) is 3.12. The number of rotatable bonds is 4. The van der Waals surface area contributed by atoms with Crippen molar-refractivity contribution in [2.24, 2.45) is 0 Å². The van der Waals surface area contributed by atoms with Gasteiger partial charge in [0.1, 0.15) is 11.5 Å². The molecule has 1 amide bonds. The summed E-state index contributed by atoms with van der Waals surface area (Å²) in [5.41, 5.74) is 1.92. The van der Waals surface area contributed by atoms with Gasteiger partial charge in [-0.15, -0.1) is 0 Å². The van der Waals surface area contributed by atoms with E-state index in [2.05, 4.69) is 10.5 Å². The first-order valence-corrected chi connectivity index (χ1v) is 7.19. The molecule has 0 aliphatic heterocycles. The van der Waals surface area contributed by atoms with Crippen molar-refractivity contribution in [2.45, 2.75) is 6.42 Å². The van der Waals surface area contributed by atoms with Crippen LogP contribution in [0, 0.1) is 5.82 Å². The lowest BCUT2D eigenvalue weighted by molar-refractivity contribution is -0.115. The Hall–Kier alpha value is -2.47. The maximum Gasteiger partial charge on any atom is 0.231 e. The molecule has 6 heteroatoms. The molecule has 4 nitrogen and oxygen atoms in total. The number of nitrogens with one attached hydrogen (secondary N) is 1. The molecule has 0 radical (unpaired) electrons. The van der Waals surface area contributed by atoms with Crippen LogP contribution in [-0.4, -0.2) is 11.1 Å². The van der Waals surface area contributed by atoms with Crippen molar-refractivity contribution in [1.82, 2.24) is 5.16 Å². The zero-order valence-corrected chi connectivity index (χ0v) is 11.7. The molecule has 3 aromatic rings. The standard InChI is InChI=1S/C15H11FN2O2S/c16-12-4-2-1-3-10(12)7-14(19)17-15-8-13(18-20-15)11-5-6-21-9-11/h1-6,8-9H,7H2,(H,17,19). The first kappa shape index (κ1) is 13.5. The summed E-state index contributed by atoms with van der Waals surface area (Å²) in [5, 5.41) is 10.3. The highest BCUT2D eigenvalue weighted by atomic mass is 32.1. The Bertz CT molecular complexity index is 753. The lowest BCUT2D eigenvalue weighted by Crippen LogP contribution is -2.14. The molecule has 106 valence electrons. The van der Waals surface area contributed by atoms with Gasteiger partial charge in [-0.1, -0.05) is 23.4 Å². The maximum absolute atomic E-state index is 13.5. The molecule has 0 spiro atoms. The Kier molecular flexibility index (Phi) is 3.79. The Morgan fingerprint density at radius 2 is 2.19 bits per heavy atom. The number of aromatic nitrogens is 1. The number of carbonyl (C=O) groups excluding carboxylic acids is 1. The minimum atomic E-state index is -0.399. The van der Waals surface area contributed by atoms with Crippen molar-refractivity contribution in [3.05, 3.63) is 58.5 Å². The summed E-state index contributed by atoms with van der Waals surface area (Å²) >= 11 is 1.55. The molecule has 0 fully saturated rings. The third-order valence-electron chi connectivity index (χ3n) is 2.90. The summed E-state index contributed by atoms with van der Waals surface area (Å²) in [6.07, 6.45) is -0.0544. The fraction of sp³-hybridized carbons (Fsp3) is 0.0667. The predicted molar refractivity (Wildman–Crippen MR) is 78.5 cm³/mol. The minimum Gasteiger partial charge on any atom is -0.338 e. The lowest BCUT2D eigenvalue weighted by atomic mass is 10.1. The van der Waals surface area contributed by atoms with Crippen molar-refractivity contribution >= 4 is 23.1 Å². The Morgan fingerprint density at radius 1 is 1.33 bits per heavy atom. The Balaban J connectivity index is 1.67. The van der Waals surface area contributed by atoms with E-state index in [1.807, 2.05) is 16.8 Å². The number of anilines is 1. The maximum atomic E-state index is 13.5. The van der Waals surface area contributed by atoms with Crippen LogP contribution < -0.4 is 5.32 Å². The quantitative estimate of drug-likeness (QED) is 0.799. The number of carbonyl (C=O) groups is 1. The van der Waals surface area contributed by atoms with Crippen molar-refractivity contribution in [3.8, 4) is 11.3 Å². The largest absolute Gasteiger partial charge is 0.338 e. The van der Waals surface area contributed by atoms with Gasteiger partial charge in [0.15, 0.2) is 0 Å². The van der Waals surface area contributed by atoms with E-state index in [1.165, 1.54) is 6.07 Å². The molecule has 2 heterocycles. The molecule has 0 saturated heterocycles. The van der Waals surface area contributed by atoms with E-state index >= 15 is 0 Å². The minimum absolute atomic E-state index is 0.0544. The number of hydrogen-bond acceptors (Lipinski definition) is 4. The van der Waals surface area contributed by atoms with Gasteiger partial charge in [0.2, 0.25) is 11.8 Å². The van der Waals surface area contributed by atoms with Crippen LogP contribution >= 0.6 is 11.3 Å². The molecule has 1 N–H and O–H groups in total. The smallest absolute Gasteiger partial charge is 0.231 e. The molecule has 2 aromatic heterocycles. The molecule has 3 rings (SSSR count). The van der Waals surface area contributed by atoms with Crippen molar-refractivity contribution in [3.63, 3.8) is 0 Å². The van der Waals surface area contributed by atoms with Crippen LogP contribution in [0.25, 0.3) is 11.3 Å². The van der Waals surface area contributed by atoms with Crippen LogP contribution in [0.2, 0.25) is 0 Å². The first-order valence-electron chi connectivity index (χ1n) is 6.25. The highest BCUT2D eigenvalue weighted by Crippen LogP contribution is 2.23. The van der Waals surface area contributed by atoms with Gasteiger partial charge < -0.3 is 4.52 Å². The van der Waals surface area contributed by atoms with Gasteiger partial charge in [-0.25, -0.2) is 4.39 Å². The molecule has 0 aliphatic rings. The summed E-state index contributed by atoms with van der Waals surface area (Å²) in [6.45, 7) is 0. The van der Waals surface area contributed by atoms with E-state index in [9.17, 15) is 9.18 Å². The molecular weight excluding hydrogens is 291 g/mol. The second-order valence-corrected chi connectivity index (χ2v) is 5.18.